The molecule has 4 rings (SSSR count). The quantitative estimate of drug-likeness (QED) is 0.505. The van der Waals surface area contributed by atoms with E-state index in [1.807, 2.05) is 24.3 Å². The summed E-state index contributed by atoms with van der Waals surface area (Å²) in [6, 6.07) is 11.5. The Morgan fingerprint density at radius 2 is 1.97 bits per heavy atom. The van der Waals surface area contributed by atoms with Gasteiger partial charge in [-0.15, -0.1) is 0 Å². The second-order valence-corrected chi connectivity index (χ2v) is 8.17. The number of hydrogen-bond acceptors (Lipinski definition) is 6. The van der Waals surface area contributed by atoms with Crippen LogP contribution in [0.5, 0.6) is 5.75 Å². The Balaban J connectivity index is 1.48. The maximum Gasteiger partial charge on any atom is 0.271 e. The highest BCUT2D eigenvalue weighted by atomic mass is 35.5. The van der Waals surface area contributed by atoms with E-state index in [0.717, 1.165) is 31.5 Å². The number of halogens is 1. The van der Waals surface area contributed by atoms with Crippen molar-refractivity contribution in [1.29, 1.82) is 0 Å². The summed E-state index contributed by atoms with van der Waals surface area (Å²) in [7, 11) is 0. The number of nitro groups is 1. The van der Waals surface area contributed by atoms with Crippen molar-refractivity contribution in [2.75, 3.05) is 37.7 Å². The molecule has 1 N–H and O–H groups in total. The molecule has 32 heavy (non-hydrogen) atoms. The zero-order chi connectivity index (χ0) is 22.7. The first-order valence-corrected chi connectivity index (χ1v) is 10.8. The van der Waals surface area contributed by atoms with Gasteiger partial charge in [0.2, 0.25) is 5.91 Å². The third-order valence-electron chi connectivity index (χ3n) is 5.74. The zero-order valence-electron chi connectivity index (χ0n) is 17.3. The Morgan fingerprint density at radius 1 is 1.22 bits per heavy atom. The molecule has 168 valence electrons. The van der Waals surface area contributed by atoms with Gasteiger partial charge in [-0.3, -0.25) is 29.5 Å². The van der Waals surface area contributed by atoms with Gasteiger partial charge in [-0.2, -0.15) is 0 Å². The van der Waals surface area contributed by atoms with Gasteiger partial charge in [0, 0.05) is 23.7 Å². The predicted molar refractivity (Wildman–Crippen MR) is 119 cm³/mol. The molecule has 2 amide bonds. The molecule has 2 aromatic rings. The van der Waals surface area contributed by atoms with Gasteiger partial charge in [0.1, 0.15) is 12.3 Å². The van der Waals surface area contributed by atoms with Crippen molar-refractivity contribution in [1.82, 2.24) is 10.2 Å². The van der Waals surface area contributed by atoms with Crippen molar-refractivity contribution in [3.63, 3.8) is 0 Å². The molecule has 0 bridgehead atoms. The average molecular weight is 459 g/mol. The number of nitrogens with zero attached hydrogens (tertiary/aromatic N) is 3. The first kappa shape index (κ1) is 22.0. The number of non-ortho nitro benzene ring substituents is 1. The van der Waals surface area contributed by atoms with Crippen molar-refractivity contribution in [3.8, 4) is 5.75 Å². The topological polar surface area (TPSA) is 105 Å². The molecule has 1 atom stereocenters. The number of nitrogens with one attached hydrogen (secondary N) is 1. The second kappa shape index (κ2) is 9.54. The summed E-state index contributed by atoms with van der Waals surface area (Å²) in [5.41, 5.74) is 0.979. The maximum absolute atomic E-state index is 12.8. The fourth-order valence-corrected chi connectivity index (χ4v) is 4.38. The molecule has 2 heterocycles. The SMILES string of the molecule is O=C(CN1C(=O)COc2ccc([N+](=O)[O-])cc21)NCC(c1ccccc1Cl)N1CCCC1. The third-order valence-corrected chi connectivity index (χ3v) is 6.08. The molecular formula is C22H23ClN4O5. The van der Waals surface area contributed by atoms with Gasteiger partial charge in [0.15, 0.2) is 6.61 Å². The summed E-state index contributed by atoms with van der Waals surface area (Å²) < 4.78 is 5.35. The lowest BCUT2D eigenvalue weighted by Gasteiger charge is -2.30. The van der Waals surface area contributed by atoms with Crippen molar-refractivity contribution < 1.29 is 19.2 Å². The third kappa shape index (κ3) is 4.68. The van der Waals surface area contributed by atoms with E-state index in [-0.39, 0.29) is 36.5 Å². The van der Waals surface area contributed by atoms with E-state index < -0.39 is 10.8 Å². The van der Waals surface area contributed by atoms with Crippen LogP contribution in [0.3, 0.4) is 0 Å². The minimum Gasteiger partial charge on any atom is -0.482 e. The Morgan fingerprint density at radius 3 is 2.69 bits per heavy atom. The van der Waals surface area contributed by atoms with Crippen LogP contribution < -0.4 is 15.0 Å². The summed E-state index contributed by atoms with van der Waals surface area (Å²) >= 11 is 6.42. The minimum absolute atomic E-state index is 0.0797. The lowest BCUT2D eigenvalue weighted by atomic mass is 10.1. The predicted octanol–water partition coefficient (Wildman–Crippen LogP) is 2.93. The highest BCUT2D eigenvalue weighted by Crippen LogP contribution is 2.35. The summed E-state index contributed by atoms with van der Waals surface area (Å²) in [5, 5.41) is 14.7. The first-order valence-electron chi connectivity index (χ1n) is 10.4. The molecule has 0 saturated carbocycles. The van der Waals surface area contributed by atoms with Crippen molar-refractivity contribution in [2.24, 2.45) is 0 Å². The maximum atomic E-state index is 12.8. The molecule has 1 saturated heterocycles. The number of hydrogen-bond donors (Lipinski definition) is 1. The molecule has 2 aliphatic rings. The summed E-state index contributed by atoms with van der Waals surface area (Å²) in [5.74, 6) is -0.474. The molecule has 9 nitrogen and oxygen atoms in total. The highest BCUT2D eigenvalue weighted by molar-refractivity contribution is 6.31. The number of likely N-dealkylation sites (tertiary alicyclic amines) is 1. The number of rotatable bonds is 7. The van der Waals surface area contributed by atoms with Gasteiger partial charge in [-0.05, 0) is 43.6 Å². The van der Waals surface area contributed by atoms with E-state index in [2.05, 4.69) is 10.2 Å². The van der Waals surface area contributed by atoms with Crippen LogP contribution in [-0.2, 0) is 9.59 Å². The molecular weight excluding hydrogens is 436 g/mol. The Labute approximate surface area is 190 Å². The van der Waals surface area contributed by atoms with Gasteiger partial charge in [-0.1, -0.05) is 29.8 Å². The molecule has 0 aliphatic carbocycles. The number of anilines is 1. The normalized spacial score (nSPS) is 16.9. The molecule has 0 spiro atoms. The molecule has 0 aromatic heterocycles. The number of carbonyl (C=O) groups is 2. The summed E-state index contributed by atoms with van der Waals surface area (Å²) in [6.45, 7) is 1.69. The second-order valence-electron chi connectivity index (χ2n) is 7.76. The largest absolute Gasteiger partial charge is 0.482 e. The molecule has 10 heteroatoms. The van der Waals surface area contributed by atoms with E-state index in [1.54, 1.807) is 0 Å². The Kier molecular flexibility index (Phi) is 6.57. The number of ether oxygens (including phenoxy) is 1. The van der Waals surface area contributed by atoms with Gasteiger partial charge < -0.3 is 10.1 Å². The monoisotopic (exact) mass is 458 g/mol. The Bertz CT molecular complexity index is 1040. The lowest BCUT2D eigenvalue weighted by molar-refractivity contribution is -0.384. The molecule has 1 unspecified atom stereocenters. The van der Waals surface area contributed by atoms with Gasteiger partial charge in [-0.25, -0.2) is 0 Å². The highest BCUT2D eigenvalue weighted by Gasteiger charge is 2.30. The van der Waals surface area contributed by atoms with Gasteiger partial charge >= 0.3 is 0 Å². The molecule has 1 fully saturated rings. The van der Waals surface area contributed by atoms with Crippen LogP contribution in [0.1, 0.15) is 24.4 Å². The van der Waals surface area contributed by atoms with E-state index >= 15 is 0 Å². The van der Waals surface area contributed by atoms with E-state index in [1.165, 1.54) is 23.1 Å². The first-order chi connectivity index (χ1) is 15.4. The van der Waals surface area contributed by atoms with Crippen molar-refractivity contribution >= 4 is 34.8 Å². The van der Waals surface area contributed by atoms with Crippen LogP contribution in [0.4, 0.5) is 11.4 Å². The van der Waals surface area contributed by atoms with Gasteiger partial charge in [0.25, 0.3) is 11.6 Å². The van der Waals surface area contributed by atoms with Crippen LogP contribution in [0.25, 0.3) is 0 Å². The number of carbonyl (C=O) groups excluding carboxylic acids is 2. The van der Waals surface area contributed by atoms with E-state index in [4.69, 9.17) is 16.3 Å². The zero-order valence-corrected chi connectivity index (χ0v) is 18.1. The van der Waals surface area contributed by atoms with Crippen LogP contribution in [0.15, 0.2) is 42.5 Å². The number of fused-ring (bicyclic) bond motifs is 1. The average Bonchev–Trinajstić information content (AvgIpc) is 3.31. The standard InChI is InChI=1S/C22H23ClN4O5/c23-17-6-2-1-5-16(17)19(25-9-3-4-10-25)12-24-21(28)13-26-18-11-15(27(30)31)7-8-20(18)32-14-22(26)29/h1-2,5-8,11,19H,3-4,9-10,12-14H2,(H,24,28). The van der Waals surface area contributed by atoms with Gasteiger partial charge in [0.05, 0.1) is 16.7 Å². The summed E-state index contributed by atoms with van der Waals surface area (Å²) in [4.78, 5) is 39.3. The van der Waals surface area contributed by atoms with Crippen LogP contribution >= 0.6 is 11.6 Å². The minimum atomic E-state index is -0.554. The van der Waals surface area contributed by atoms with E-state index in [0.29, 0.717) is 17.3 Å². The Hall–Kier alpha value is -3.17. The van der Waals surface area contributed by atoms with E-state index in [9.17, 15) is 19.7 Å². The van der Waals surface area contributed by atoms with Crippen molar-refractivity contribution in [2.45, 2.75) is 18.9 Å². The lowest BCUT2D eigenvalue weighted by Crippen LogP contribution is -2.46. The molecule has 2 aromatic carbocycles. The smallest absolute Gasteiger partial charge is 0.271 e. The fourth-order valence-electron chi connectivity index (χ4n) is 4.12. The molecule has 2 aliphatic heterocycles. The van der Waals surface area contributed by atoms with Crippen LogP contribution in [0, 0.1) is 10.1 Å². The molecule has 0 radical (unpaired) electrons. The van der Waals surface area contributed by atoms with Crippen LogP contribution in [-0.4, -0.2) is 54.4 Å². The number of nitro benzene ring substituents is 1. The van der Waals surface area contributed by atoms with Crippen molar-refractivity contribution in [3.05, 3.63) is 63.2 Å². The summed E-state index contributed by atoms with van der Waals surface area (Å²) in [6.07, 6.45) is 2.18. The number of benzene rings is 2. The van der Waals surface area contributed by atoms with Crippen LogP contribution in [0.2, 0.25) is 5.02 Å². The number of amides is 2. The fraction of sp³-hybridized carbons (Fsp3) is 0.364.